The topological polar surface area (TPSA) is 97.5 Å². The van der Waals surface area contributed by atoms with Crippen molar-refractivity contribution in [3.8, 4) is 0 Å². The lowest BCUT2D eigenvalue weighted by Gasteiger charge is -2.13. The van der Waals surface area contributed by atoms with E-state index in [1.807, 2.05) is 0 Å². The number of hydrogen-bond donors (Lipinski definition) is 3. The fourth-order valence-electron chi connectivity index (χ4n) is 1.42. The van der Waals surface area contributed by atoms with Gasteiger partial charge in [0, 0.05) is 5.70 Å². The molecule has 0 bridgehead atoms. The molecule has 4 N–H and O–H groups in total. The highest BCUT2D eigenvalue weighted by molar-refractivity contribution is 5.89. The molecule has 0 radical (unpaired) electrons. The van der Waals surface area contributed by atoms with Gasteiger partial charge in [0.25, 0.3) is 0 Å². The van der Waals surface area contributed by atoms with Crippen LogP contribution >= 0.6 is 0 Å². The largest absolute Gasteiger partial charge is 0.483 e. The number of aliphatic imine (C=N–C) groups is 1. The van der Waals surface area contributed by atoms with Gasteiger partial charge >= 0.3 is 0 Å². The van der Waals surface area contributed by atoms with Crippen LogP contribution in [0.4, 0.5) is 5.82 Å². The molecule has 7 nitrogen and oxygen atoms in total. The zero-order valence-electron chi connectivity index (χ0n) is 10.5. The van der Waals surface area contributed by atoms with E-state index in [0.717, 1.165) is 0 Å². The maximum absolute atomic E-state index is 5.62. The summed E-state index contributed by atoms with van der Waals surface area (Å²) < 4.78 is 4.89. The number of anilines is 1. The molecule has 1 aromatic heterocycles. The highest BCUT2D eigenvalue weighted by atomic mass is 16.5. The molecule has 0 saturated carbocycles. The first-order valence-corrected chi connectivity index (χ1v) is 5.44. The van der Waals surface area contributed by atoms with E-state index in [9.17, 15) is 0 Å². The van der Waals surface area contributed by atoms with Gasteiger partial charge in [0.1, 0.15) is 5.69 Å². The third-order valence-electron chi connectivity index (χ3n) is 2.28. The van der Waals surface area contributed by atoms with Gasteiger partial charge in [-0.1, -0.05) is 6.58 Å². The van der Waals surface area contributed by atoms with Crippen LogP contribution < -0.4 is 16.4 Å². The molecule has 0 saturated heterocycles. The Bertz CT molecular complexity index is 572. The normalized spacial score (nSPS) is 14.1. The minimum Gasteiger partial charge on any atom is -0.483 e. The van der Waals surface area contributed by atoms with Crippen molar-refractivity contribution in [2.75, 3.05) is 12.4 Å². The molecule has 2 rings (SSSR count). The standard InChI is InChI=1S/C12H14N6O/c1-7-6-10(16-12(13)14-7)9-4-5-11(18-17-9)15-8(2)19-3/h4-6H,1-2H2,3H3,(H,15,18)(H3,13,14,16). The van der Waals surface area contributed by atoms with E-state index in [-0.39, 0.29) is 5.96 Å². The molecule has 7 heteroatoms. The fraction of sp³-hybridized carbons (Fsp3) is 0.0833. The summed E-state index contributed by atoms with van der Waals surface area (Å²) >= 11 is 0. The van der Waals surface area contributed by atoms with Gasteiger partial charge in [-0.3, -0.25) is 0 Å². The van der Waals surface area contributed by atoms with E-state index in [0.29, 0.717) is 28.8 Å². The number of ether oxygens (including phenoxy) is 1. The SMILES string of the molecule is C=C1C=C(c2ccc(NC(=C)OC)nn2)N=C(N)N1. The third kappa shape index (κ3) is 3.09. The molecule has 19 heavy (non-hydrogen) atoms. The van der Waals surface area contributed by atoms with Crippen molar-refractivity contribution in [3.05, 3.63) is 48.6 Å². The number of aromatic nitrogens is 2. The van der Waals surface area contributed by atoms with Gasteiger partial charge in [-0.15, -0.1) is 10.2 Å². The summed E-state index contributed by atoms with van der Waals surface area (Å²) in [5.41, 5.74) is 7.47. The number of hydrogen-bond acceptors (Lipinski definition) is 7. The molecule has 1 aliphatic rings. The average molecular weight is 258 g/mol. The molecule has 1 aliphatic heterocycles. The van der Waals surface area contributed by atoms with E-state index < -0.39 is 0 Å². The van der Waals surface area contributed by atoms with Crippen LogP contribution in [-0.4, -0.2) is 23.3 Å². The van der Waals surface area contributed by atoms with Crippen LogP contribution in [0.1, 0.15) is 5.69 Å². The number of methoxy groups -OCH3 is 1. The zero-order valence-corrected chi connectivity index (χ0v) is 10.5. The number of nitrogens with two attached hydrogens (primary N) is 1. The van der Waals surface area contributed by atoms with E-state index in [1.165, 1.54) is 7.11 Å². The molecule has 0 amide bonds. The minimum absolute atomic E-state index is 0.277. The third-order valence-corrected chi connectivity index (χ3v) is 2.28. The van der Waals surface area contributed by atoms with Crippen molar-refractivity contribution >= 4 is 17.5 Å². The molecule has 0 unspecified atom stereocenters. The number of rotatable bonds is 4. The average Bonchev–Trinajstić information content (AvgIpc) is 2.38. The summed E-state index contributed by atoms with van der Waals surface area (Å²) in [4.78, 5) is 4.13. The Morgan fingerprint density at radius 2 is 2.21 bits per heavy atom. The van der Waals surface area contributed by atoms with Crippen molar-refractivity contribution in [1.82, 2.24) is 15.5 Å². The first-order valence-electron chi connectivity index (χ1n) is 5.44. The molecule has 0 aliphatic carbocycles. The quantitative estimate of drug-likeness (QED) is 0.690. The zero-order chi connectivity index (χ0) is 13.8. The smallest absolute Gasteiger partial charge is 0.198 e. The number of nitrogens with one attached hydrogen (secondary N) is 2. The maximum Gasteiger partial charge on any atom is 0.198 e. The van der Waals surface area contributed by atoms with Crippen molar-refractivity contribution in [1.29, 1.82) is 0 Å². The summed E-state index contributed by atoms with van der Waals surface area (Å²) in [5, 5.41) is 13.7. The molecule has 0 fully saturated rings. The van der Waals surface area contributed by atoms with Gasteiger partial charge in [0.2, 0.25) is 0 Å². The minimum atomic E-state index is 0.277. The summed E-state index contributed by atoms with van der Waals surface area (Å²) in [6.07, 6.45) is 1.74. The first-order chi connectivity index (χ1) is 9.08. The van der Waals surface area contributed by atoms with Crippen LogP contribution in [0.2, 0.25) is 0 Å². The van der Waals surface area contributed by atoms with Crippen LogP contribution in [0.25, 0.3) is 5.70 Å². The molecule has 0 aromatic carbocycles. The highest BCUT2D eigenvalue weighted by Gasteiger charge is 2.10. The molecule has 0 spiro atoms. The van der Waals surface area contributed by atoms with Crippen LogP contribution in [0.5, 0.6) is 0 Å². The van der Waals surface area contributed by atoms with Crippen molar-refractivity contribution in [2.45, 2.75) is 0 Å². The van der Waals surface area contributed by atoms with Crippen LogP contribution in [0, 0.1) is 0 Å². The number of guanidine groups is 1. The maximum atomic E-state index is 5.62. The Balaban J connectivity index is 2.19. The summed E-state index contributed by atoms with van der Waals surface area (Å²) in [5.74, 6) is 1.19. The van der Waals surface area contributed by atoms with Crippen molar-refractivity contribution < 1.29 is 4.74 Å². The summed E-state index contributed by atoms with van der Waals surface area (Å²) in [6.45, 7) is 7.40. The molecule has 0 atom stereocenters. The first kappa shape index (κ1) is 12.6. The molecular formula is C12H14N6O. The lowest BCUT2D eigenvalue weighted by molar-refractivity contribution is 0.299. The predicted octanol–water partition coefficient (Wildman–Crippen LogP) is 0.779. The molecule has 2 heterocycles. The highest BCUT2D eigenvalue weighted by Crippen LogP contribution is 2.18. The summed E-state index contributed by atoms with van der Waals surface area (Å²) in [6, 6.07) is 3.50. The fourth-order valence-corrected chi connectivity index (χ4v) is 1.42. The summed E-state index contributed by atoms with van der Waals surface area (Å²) in [7, 11) is 1.51. The Kier molecular flexibility index (Phi) is 3.46. The van der Waals surface area contributed by atoms with Crippen molar-refractivity contribution in [2.24, 2.45) is 10.7 Å². The van der Waals surface area contributed by atoms with Crippen LogP contribution in [0.15, 0.2) is 47.9 Å². The number of nitrogens with zero attached hydrogens (tertiary/aromatic N) is 3. The predicted molar refractivity (Wildman–Crippen MR) is 73.7 cm³/mol. The second-order valence-electron chi connectivity index (χ2n) is 3.73. The Hall–Kier alpha value is -2.83. The van der Waals surface area contributed by atoms with Gasteiger partial charge in [0.05, 0.1) is 12.8 Å². The second-order valence-corrected chi connectivity index (χ2v) is 3.73. The van der Waals surface area contributed by atoms with Gasteiger partial charge < -0.3 is 21.1 Å². The van der Waals surface area contributed by atoms with Crippen LogP contribution in [0.3, 0.4) is 0 Å². The van der Waals surface area contributed by atoms with Gasteiger partial charge in [-0.2, -0.15) is 0 Å². The second kappa shape index (κ2) is 5.21. The lowest BCUT2D eigenvalue weighted by atomic mass is 10.2. The van der Waals surface area contributed by atoms with Gasteiger partial charge in [-0.05, 0) is 24.8 Å². The lowest BCUT2D eigenvalue weighted by Crippen LogP contribution is -2.32. The van der Waals surface area contributed by atoms with E-state index in [4.69, 9.17) is 10.5 Å². The van der Waals surface area contributed by atoms with E-state index in [1.54, 1.807) is 18.2 Å². The molecule has 1 aromatic rings. The van der Waals surface area contributed by atoms with Crippen LogP contribution in [-0.2, 0) is 4.74 Å². The monoisotopic (exact) mass is 258 g/mol. The Morgan fingerprint density at radius 3 is 2.79 bits per heavy atom. The van der Waals surface area contributed by atoms with Gasteiger partial charge in [0.15, 0.2) is 17.7 Å². The Morgan fingerprint density at radius 1 is 1.42 bits per heavy atom. The van der Waals surface area contributed by atoms with Crippen molar-refractivity contribution in [3.63, 3.8) is 0 Å². The van der Waals surface area contributed by atoms with E-state index in [2.05, 4.69) is 39.0 Å². The molecular weight excluding hydrogens is 244 g/mol. The molecule has 98 valence electrons. The Labute approximate surface area is 110 Å². The van der Waals surface area contributed by atoms with Gasteiger partial charge in [-0.25, -0.2) is 4.99 Å². The van der Waals surface area contributed by atoms with E-state index >= 15 is 0 Å². The number of allylic oxidation sites excluding steroid dienone is 1.